The minimum absolute atomic E-state index is 0.184. The summed E-state index contributed by atoms with van der Waals surface area (Å²) in [6, 6.07) is 13.1. The number of rotatable bonds is 7. The van der Waals surface area contributed by atoms with Crippen molar-refractivity contribution in [2.24, 2.45) is 5.92 Å². The van der Waals surface area contributed by atoms with Crippen molar-refractivity contribution in [3.05, 3.63) is 71.4 Å². The molecule has 2 aromatic carbocycles. The van der Waals surface area contributed by atoms with Gasteiger partial charge in [-0.05, 0) is 59.5 Å². The predicted molar refractivity (Wildman–Crippen MR) is 139 cm³/mol. The van der Waals surface area contributed by atoms with Gasteiger partial charge in [0.25, 0.3) is 0 Å². The number of H-pyrrole nitrogens is 1. The van der Waals surface area contributed by atoms with Gasteiger partial charge in [0.2, 0.25) is 5.88 Å². The molecule has 1 atom stereocenters. The van der Waals surface area contributed by atoms with Crippen molar-refractivity contribution in [1.82, 2.24) is 35.2 Å². The molecule has 0 radical (unpaired) electrons. The fraction of sp³-hybridized carbons (Fsp3) is 0.296. The number of benzene rings is 2. The van der Waals surface area contributed by atoms with E-state index in [-0.39, 0.29) is 18.6 Å². The second-order valence-electron chi connectivity index (χ2n) is 9.48. The molecule has 0 aliphatic heterocycles. The number of aromatic nitrogens is 7. The molecule has 38 heavy (non-hydrogen) atoms. The Hall–Kier alpha value is -3.92. The van der Waals surface area contributed by atoms with Crippen molar-refractivity contribution in [2.75, 3.05) is 6.61 Å². The third kappa shape index (κ3) is 4.83. The molecule has 3 heterocycles. The van der Waals surface area contributed by atoms with Crippen LogP contribution in [-0.2, 0) is 0 Å². The van der Waals surface area contributed by atoms with E-state index in [0.29, 0.717) is 33.6 Å². The Kier molecular flexibility index (Phi) is 6.71. The normalized spacial score (nSPS) is 15.1. The third-order valence-electron chi connectivity index (χ3n) is 7.12. The number of ether oxygens (including phenoxy) is 1. The van der Waals surface area contributed by atoms with Crippen LogP contribution in [0.3, 0.4) is 0 Å². The van der Waals surface area contributed by atoms with Crippen LogP contribution in [0.25, 0.3) is 33.8 Å². The van der Waals surface area contributed by atoms with Crippen LogP contribution >= 0.6 is 11.6 Å². The first-order valence-electron chi connectivity index (χ1n) is 12.5. The second kappa shape index (κ2) is 10.4. The number of fused-ring (bicyclic) bond motifs is 1. The molecule has 1 saturated carbocycles. The molecule has 1 N–H and O–H groups in total. The highest BCUT2D eigenvalue weighted by Crippen LogP contribution is 2.39. The molecule has 6 rings (SSSR count). The summed E-state index contributed by atoms with van der Waals surface area (Å²) in [6.07, 6.45) is 7.02. The van der Waals surface area contributed by atoms with Crippen molar-refractivity contribution in [3.8, 4) is 28.7 Å². The lowest BCUT2D eigenvalue weighted by Gasteiger charge is -2.32. The molecule has 0 bridgehead atoms. The second-order valence-corrected chi connectivity index (χ2v) is 9.92. The van der Waals surface area contributed by atoms with E-state index in [0.717, 1.165) is 42.9 Å². The molecular weight excluding hydrogens is 512 g/mol. The quantitative estimate of drug-likeness (QED) is 0.259. The minimum atomic E-state index is -0.929. The molecule has 0 amide bonds. The molecule has 1 aliphatic carbocycles. The van der Waals surface area contributed by atoms with Gasteiger partial charge in [-0.25, -0.2) is 23.8 Å². The van der Waals surface area contributed by atoms with Gasteiger partial charge in [0, 0.05) is 40.5 Å². The number of nitrogens with zero attached hydrogens (tertiary/aromatic N) is 6. The van der Waals surface area contributed by atoms with E-state index in [1.165, 1.54) is 12.5 Å². The first-order valence-corrected chi connectivity index (χ1v) is 12.9. The molecule has 1 fully saturated rings. The maximum Gasteiger partial charge on any atom is 0.213 e. The highest BCUT2D eigenvalue weighted by Gasteiger charge is 2.30. The average molecular weight is 536 g/mol. The summed E-state index contributed by atoms with van der Waals surface area (Å²) in [7, 11) is 0. The van der Waals surface area contributed by atoms with E-state index in [1.54, 1.807) is 24.4 Å². The number of halogens is 3. The van der Waals surface area contributed by atoms with Gasteiger partial charge in [0.1, 0.15) is 12.4 Å². The number of aromatic amines is 1. The molecule has 0 saturated heterocycles. The van der Waals surface area contributed by atoms with Crippen molar-refractivity contribution < 1.29 is 13.5 Å². The monoisotopic (exact) mass is 535 g/mol. The average Bonchev–Trinajstić information content (AvgIpc) is 3.60. The molecule has 1 aliphatic rings. The van der Waals surface area contributed by atoms with Gasteiger partial charge in [-0.3, -0.25) is 0 Å². The van der Waals surface area contributed by atoms with Crippen LogP contribution in [0.4, 0.5) is 8.78 Å². The zero-order valence-corrected chi connectivity index (χ0v) is 21.1. The van der Waals surface area contributed by atoms with Gasteiger partial charge in [-0.15, -0.1) is 5.10 Å². The maximum absolute atomic E-state index is 14.5. The molecule has 1 unspecified atom stereocenters. The van der Waals surface area contributed by atoms with Crippen molar-refractivity contribution in [1.29, 1.82) is 0 Å². The molecular formula is C27H24ClF2N7O. The zero-order chi connectivity index (χ0) is 26.1. The standard InChI is InChI=1S/C27H24ClF2N7O/c28-19-9-6-17(7-10-19)27-32-22-12-20(29)21(30)13-23(22)37(27)24(16-4-2-1-3-5-16)15-38-25-11-8-18(14-31-25)26-33-35-36-34-26/h6-14,16,24H,1-5,15H2,(H,33,34,35,36). The molecule has 8 nitrogen and oxygen atoms in total. The fourth-order valence-corrected chi connectivity index (χ4v) is 5.35. The summed E-state index contributed by atoms with van der Waals surface area (Å²) in [5.74, 6) is -0.0141. The molecule has 0 spiro atoms. The van der Waals surface area contributed by atoms with Crippen LogP contribution in [0.2, 0.25) is 5.02 Å². The van der Waals surface area contributed by atoms with Gasteiger partial charge < -0.3 is 9.30 Å². The van der Waals surface area contributed by atoms with Crippen molar-refractivity contribution in [2.45, 2.75) is 38.1 Å². The molecule has 3 aromatic heterocycles. The first kappa shape index (κ1) is 24.4. The van der Waals surface area contributed by atoms with E-state index in [2.05, 4.69) is 25.6 Å². The Balaban J connectivity index is 1.40. The number of tetrazole rings is 1. The smallest absolute Gasteiger partial charge is 0.213 e. The van der Waals surface area contributed by atoms with E-state index in [4.69, 9.17) is 21.3 Å². The zero-order valence-electron chi connectivity index (χ0n) is 20.3. The summed E-state index contributed by atoms with van der Waals surface area (Å²) in [5, 5.41) is 14.4. The van der Waals surface area contributed by atoms with Gasteiger partial charge in [0.15, 0.2) is 17.5 Å². The van der Waals surface area contributed by atoms with E-state index < -0.39 is 11.6 Å². The topological polar surface area (TPSA) is 94.4 Å². The van der Waals surface area contributed by atoms with Gasteiger partial charge in [0.05, 0.1) is 17.1 Å². The Bertz CT molecular complexity index is 1530. The van der Waals surface area contributed by atoms with E-state index >= 15 is 0 Å². The number of pyridine rings is 1. The Morgan fingerprint density at radius 3 is 2.47 bits per heavy atom. The number of hydrogen-bond acceptors (Lipinski definition) is 6. The highest BCUT2D eigenvalue weighted by atomic mass is 35.5. The number of imidazole rings is 1. The largest absolute Gasteiger partial charge is 0.475 e. The SMILES string of the molecule is Fc1cc2nc(-c3ccc(Cl)cc3)n(C(COc3ccc(-c4nnn[nH]4)cn3)C3CCCCC3)c2cc1F. The van der Waals surface area contributed by atoms with Crippen molar-refractivity contribution >= 4 is 22.6 Å². The minimum Gasteiger partial charge on any atom is -0.475 e. The maximum atomic E-state index is 14.5. The van der Waals surface area contributed by atoms with Crippen LogP contribution in [0, 0.1) is 17.6 Å². The predicted octanol–water partition coefficient (Wildman–Crippen LogP) is 6.41. The first-order chi connectivity index (χ1) is 18.6. The highest BCUT2D eigenvalue weighted by molar-refractivity contribution is 6.30. The molecule has 5 aromatic rings. The van der Waals surface area contributed by atoms with E-state index in [1.807, 2.05) is 22.8 Å². The molecule has 11 heteroatoms. The summed E-state index contributed by atoms with van der Waals surface area (Å²) in [6.45, 7) is 0.284. The lowest BCUT2D eigenvalue weighted by atomic mass is 9.83. The Morgan fingerprint density at radius 1 is 1.00 bits per heavy atom. The van der Waals surface area contributed by atoms with Crippen LogP contribution in [0.5, 0.6) is 5.88 Å². The lowest BCUT2D eigenvalue weighted by Crippen LogP contribution is -2.28. The Morgan fingerprint density at radius 2 is 1.76 bits per heavy atom. The number of hydrogen-bond donors (Lipinski definition) is 1. The van der Waals surface area contributed by atoms with Crippen LogP contribution in [-0.4, -0.2) is 41.8 Å². The van der Waals surface area contributed by atoms with Crippen LogP contribution < -0.4 is 4.74 Å². The summed E-state index contributed by atoms with van der Waals surface area (Å²) in [4.78, 5) is 9.17. The molecule has 194 valence electrons. The van der Waals surface area contributed by atoms with Crippen molar-refractivity contribution in [3.63, 3.8) is 0 Å². The van der Waals surface area contributed by atoms with Gasteiger partial charge >= 0.3 is 0 Å². The van der Waals surface area contributed by atoms with Gasteiger partial charge in [-0.1, -0.05) is 30.9 Å². The third-order valence-corrected chi connectivity index (χ3v) is 7.37. The van der Waals surface area contributed by atoms with Gasteiger partial charge in [-0.2, -0.15) is 0 Å². The van der Waals surface area contributed by atoms with E-state index in [9.17, 15) is 8.78 Å². The lowest BCUT2D eigenvalue weighted by molar-refractivity contribution is 0.166. The summed E-state index contributed by atoms with van der Waals surface area (Å²) in [5.41, 5.74) is 2.44. The Labute approximate surface area is 222 Å². The summed E-state index contributed by atoms with van der Waals surface area (Å²) < 4.78 is 37.0. The van der Waals surface area contributed by atoms with Crippen LogP contribution in [0.15, 0.2) is 54.7 Å². The number of nitrogens with one attached hydrogen (secondary N) is 1. The fourth-order valence-electron chi connectivity index (χ4n) is 5.23. The van der Waals surface area contributed by atoms with Crippen LogP contribution in [0.1, 0.15) is 38.1 Å². The summed E-state index contributed by atoms with van der Waals surface area (Å²) >= 11 is 6.14.